The largest absolute Gasteiger partial charge is 0.388 e. The summed E-state index contributed by atoms with van der Waals surface area (Å²) in [4.78, 5) is 30.3. The summed E-state index contributed by atoms with van der Waals surface area (Å²) in [7, 11) is 0. The van der Waals surface area contributed by atoms with E-state index in [0.29, 0.717) is 29.9 Å². The highest BCUT2D eigenvalue weighted by molar-refractivity contribution is 5.76. The molecule has 20 heavy (non-hydrogen) atoms. The minimum absolute atomic E-state index is 0.182. The third-order valence-corrected chi connectivity index (χ3v) is 3.37. The van der Waals surface area contributed by atoms with E-state index in [1.165, 1.54) is 0 Å². The van der Waals surface area contributed by atoms with Gasteiger partial charge in [-0.25, -0.2) is 4.98 Å². The number of hydrogen-bond acceptors (Lipinski definition) is 4. The Bertz CT molecular complexity index is 535. The van der Waals surface area contributed by atoms with Crippen molar-refractivity contribution in [3.8, 4) is 0 Å². The molecule has 1 heterocycles. The number of aliphatic hydroxyl groups is 1. The first-order chi connectivity index (χ1) is 9.25. The van der Waals surface area contributed by atoms with Crippen molar-refractivity contribution in [2.45, 2.75) is 52.6 Å². The number of carbonyl (C=O) groups is 1. The summed E-state index contributed by atoms with van der Waals surface area (Å²) in [5, 5.41) is 12.5. The number of nitrogens with one attached hydrogen (secondary N) is 2. The van der Waals surface area contributed by atoms with E-state index in [0.717, 1.165) is 0 Å². The van der Waals surface area contributed by atoms with Gasteiger partial charge in [-0.15, -0.1) is 0 Å². The van der Waals surface area contributed by atoms with E-state index in [1.807, 2.05) is 6.92 Å². The van der Waals surface area contributed by atoms with E-state index < -0.39 is 5.60 Å². The van der Waals surface area contributed by atoms with Gasteiger partial charge >= 0.3 is 0 Å². The van der Waals surface area contributed by atoms with Gasteiger partial charge in [0, 0.05) is 24.2 Å². The van der Waals surface area contributed by atoms with E-state index in [-0.39, 0.29) is 24.4 Å². The summed E-state index contributed by atoms with van der Waals surface area (Å²) in [6, 6.07) is 0. The van der Waals surface area contributed by atoms with Crippen LogP contribution in [0.25, 0.3) is 0 Å². The molecule has 6 nitrogen and oxygen atoms in total. The molecule has 0 bridgehead atoms. The summed E-state index contributed by atoms with van der Waals surface area (Å²) in [6.07, 6.45) is 1.11. The number of aromatic amines is 1. The Morgan fingerprint density at radius 3 is 2.65 bits per heavy atom. The Balaban J connectivity index is 2.56. The van der Waals surface area contributed by atoms with Gasteiger partial charge in [0.1, 0.15) is 5.82 Å². The fraction of sp³-hybridized carbons (Fsp3) is 0.643. The first kappa shape index (κ1) is 16.4. The minimum atomic E-state index is -0.894. The molecule has 3 N–H and O–H groups in total. The highest BCUT2D eigenvalue weighted by Gasteiger charge is 2.18. The maximum atomic E-state index is 11.8. The number of aromatic nitrogens is 2. The van der Waals surface area contributed by atoms with Crippen molar-refractivity contribution in [2.75, 3.05) is 6.54 Å². The van der Waals surface area contributed by atoms with Crippen molar-refractivity contribution < 1.29 is 9.90 Å². The predicted octanol–water partition coefficient (Wildman–Crippen LogP) is 0.597. The van der Waals surface area contributed by atoms with Crippen molar-refractivity contribution in [2.24, 2.45) is 0 Å². The second kappa shape index (κ2) is 6.65. The van der Waals surface area contributed by atoms with Crippen LogP contribution in [-0.4, -0.2) is 33.1 Å². The molecule has 0 aliphatic heterocycles. The molecule has 0 saturated carbocycles. The van der Waals surface area contributed by atoms with Crippen molar-refractivity contribution in [1.29, 1.82) is 0 Å². The molecule has 6 heteroatoms. The molecule has 1 rings (SSSR count). The lowest BCUT2D eigenvalue weighted by Crippen LogP contribution is -2.40. The fourth-order valence-electron chi connectivity index (χ4n) is 1.79. The number of hydrogen-bond donors (Lipinski definition) is 3. The molecular weight excluding hydrogens is 258 g/mol. The molecule has 1 aromatic rings. The van der Waals surface area contributed by atoms with Crippen LogP contribution in [0.2, 0.25) is 0 Å². The van der Waals surface area contributed by atoms with Gasteiger partial charge in [-0.2, -0.15) is 0 Å². The van der Waals surface area contributed by atoms with Crippen LogP contribution in [0.5, 0.6) is 0 Å². The standard InChI is InChI=1S/C14H23N3O3/c1-5-14(4,20)8-15-12(18)7-6-11-9(2)16-10(3)17-13(11)19/h20H,5-8H2,1-4H3,(H,15,18)(H,16,17,19). The molecule has 0 aliphatic carbocycles. The SMILES string of the molecule is CCC(C)(O)CNC(=O)CCc1c(C)nc(C)[nH]c1=O. The summed E-state index contributed by atoms with van der Waals surface area (Å²) in [5.74, 6) is 0.387. The number of nitrogens with zero attached hydrogens (tertiary/aromatic N) is 1. The van der Waals surface area contributed by atoms with Gasteiger partial charge in [0.2, 0.25) is 5.91 Å². The van der Waals surface area contributed by atoms with Gasteiger partial charge in [-0.3, -0.25) is 9.59 Å². The van der Waals surface area contributed by atoms with Crippen LogP contribution < -0.4 is 10.9 Å². The van der Waals surface area contributed by atoms with Crippen LogP contribution in [0.1, 0.15) is 43.8 Å². The number of carbonyl (C=O) groups excluding carboxylic acids is 1. The van der Waals surface area contributed by atoms with Crippen LogP contribution in [0, 0.1) is 13.8 Å². The van der Waals surface area contributed by atoms with E-state index in [1.54, 1.807) is 20.8 Å². The quantitative estimate of drug-likeness (QED) is 0.711. The Morgan fingerprint density at radius 2 is 2.10 bits per heavy atom. The average molecular weight is 281 g/mol. The van der Waals surface area contributed by atoms with E-state index in [4.69, 9.17) is 0 Å². The molecule has 0 radical (unpaired) electrons. The van der Waals surface area contributed by atoms with Crippen LogP contribution in [0.15, 0.2) is 4.79 Å². The lowest BCUT2D eigenvalue weighted by atomic mass is 10.0. The first-order valence-corrected chi connectivity index (χ1v) is 6.80. The Hall–Kier alpha value is -1.69. The lowest BCUT2D eigenvalue weighted by molar-refractivity contribution is -0.122. The van der Waals surface area contributed by atoms with Crippen molar-refractivity contribution in [3.63, 3.8) is 0 Å². The van der Waals surface area contributed by atoms with Gasteiger partial charge in [0.15, 0.2) is 0 Å². The Labute approximate surface area is 118 Å². The van der Waals surface area contributed by atoms with Crippen molar-refractivity contribution in [3.05, 3.63) is 27.4 Å². The highest BCUT2D eigenvalue weighted by Crippen LogP contribution is 2.07. The monoisotopic (exact) mass is 281 g/mol. The van der Waals surface area contributed by atoms with Gasteiger partial charge in [0.25, 0.3) is 5.56 Å². The van der Waals surface area contributed by atoms with Crippen LogP contribution in [-0.2, 0) is 11.2 Å². The first-order valence-electron chi connectivity index (χ1n) is 6.80. The Morgan fingerprint density at radius 1 is 1.45 bits per heavy atom. The molecule has 0 spiro atoms. The molecule has 112 valence electrons. The maximum Gasteiger partial charge on any atom is 0.254 e. The van der Waals surface area contributed by atoms with Gasteiger partial charge in [0.05, 0.1) is 5.60 Å². The zero-order valence-corrected chi connectivity index (χ0v) is 12.5. The second-order valence-electron chi connectivity index (χ2n) is 5.34. The molecule has 0 fully saturated rings. The van der Waals surface area contributed by atoms with Crippen molar-refractivity contribution >= 4 is 5.91 Å². The minimum Gasteiger partial charge on any atom is -0.388 e. The zero-order valence-electron chi connectivity index (χ0n) is 12.5. The number of rotatable bonds is 6. The summed E-state index contributed by atoms with van der Waals surface area (Å²) in [5.41, 5.74) is 0.102. The average Bonchev–Trinajstić information content (AvgIpc) is 2.35. The summed E-state index contributed by atoms with van der Waals surface area (Å²) in [6.45, 7) is 7.22. The molecule has 0 saturated heterocycles. The molecular formula is C14H23N3O3. The van der Waals surface area contributed by atoms with E-state index in [9.17, 15) is 14.7 Å². The number of amides is 1. The summed E-state index contributed by atoms with van der Waals surface area (Å²) < 4.78 is 0. The molecule has 1 aromatic heterocycles. The molecule has 0 aromatic carbocycles. The number of aryl methyl sites for hydroxylation is 2. The third kappa shape index (κ3) is 4.77. The molecule has 1 atom stereocenters. The third-order valence-electron chi connectivity index (χ3n) is 3.37. The predicted molar refractivity (Wildman–Crippen MR) is 76.6 cm³/mol. The topological polar surface area (TPSA) is 95.1 Å². The zero-order chi connectivity index (χ0) is 15.3. The highest BCUT2D eigenvalue weighted by atomic mass is 16.3. The maximum absolute atomic E-state index is 11.8. The van der Waals surface area contributed by atoms with Gasteiger partial charge in [-0.1, -0.05) is 6.92 Å². The summed E-state index contributed by atoms with van der Waals surface area (Å²) >= 11 is 0. The van der Waals surface area contributed by atoms with Gasteiger partial charge in [-0.05, 0) is 33.6 Å². The Kier molecular flexibility index (Phi) is 5.44. The lowest BCUT2D eigenvalue weighted by Gasteiger charge is -2.21. The van der Waals surface area contributed by atoms with Crippen molar-refractivity contribution in [1.82, 2.24) is 15.3 Å². The fourth-order valence-corrected chi connectivity index (χ4v) is 1.79. The van der Waals surface area contributed by atoms with E-state index in [2.05, 4.69) is 15.3 Å². The smallest absolute Gasteiger partial charge is 0.254 e. The van der Waals surface area contributed by atoms with Crippen LogP contribution in [0.3, 0.4) is 0 Å². The van der Waals surface area contributed by atoms with Crippen LogP contribution >= 0.6 is 0 Å². The number of H-pyrrole nitrogens is 1. The molecule has 1 amide bonds. The van der Waals surface area contributed by atoms with E-state index >= 15 is 0 Å². The molecule has 0 aliphatic rings. The van der Waals surface area contributed by atoms with Gasteiger partial charge < -0.3 is 15.4 Å². The van der Waals surface area contributed by atoms with Crippen LogP contribution in [0.4, 0.5) is 0 Å². The normalized spacial score (nSPS) is 13.8. The second-order valence-corrected chi connectivity index (χ2v) is 5.34. The molecule has 1 unspecified atom stereocenters.